The molecule has 0 aliphatic carbocycles. The number of nitrogens with zero attached hydrogens (tertiary/aromatic N) is 1. The Hall–Kier alpha value is -2.60. The minimum atomic E-state index is -1.21. The molecule has 0 spiro atoms. The monoisotopic (exact) mass is 281 g/mol. The van der Waals surface area contributed by atoms with Crippen molar-refractivity contribution < 1.29 is 19.2 Å². The van der Waals surface area contributed by atoms with Crippen LogP contribution in [0.4, 0.5) is 5.69 Å². The number of carbonyl (C=O) groups excluding carboxylic acids is 1. The molecule has 21 heavy (non-hydrogen) atoms. The van der Waals surface area contributed by atoms with E-state index in [0.717, 1.165) is 5.56 Å². The standard InChI is InChI=1S/C15H12BNO4/c18-15(20-10-11-6-2-1-3-7-11)14-17-13-9-5-4-8-12(13)16(19)21-14/h1-9,19H,10H2. The maximum Gasteiger partial charge on any atom is 0.563 e. The zero-order valence-corrected chi connectivity index (χ0v) is 11.1. The summed E-state index contributed by atoms with van der Waals surface area (Å²) in [6, 6.07) is 16.2. The third-order valence-electron chi connectivity index (χ3n) is 3.04. The Bertz CT molecular complexity index is 687. The second-order valence-electron chi connectivity index (χ2n) is 4.51. The number of benzene rings is 2. The van der Waals surface area contributed by atoms with Crippen LogP contribution in [0.5, 0.6) is 0 Å². The second-order valence-corrected chi connectivity index (χ2v) is 4.51. The number of para-hydroxylation sites is 1. The zero-order valence-electron chi connectivity index (χ0n) is 11.1. The maximum atomic E-state index is 11.9. The molecule has 104 valence electrons. The van der Waals surface area contributed by atoms with Crippen molar-refractivity contribution in [3.63, 3.8) is 0 Å². The van der Waals surface area contributed by atoms with Crippen LogP contribution in [0.15, 0.2) is 59.6 Å². The predicted molar refractivity (Wildman–Crippen MR) is 78.5 cm³/mol. The lowest BCUT2D eigenvalue weighted by molar-refractivity contribution is -0.138. The Kier molecular flexibility index (Phi) is 3.70. The van der Waals surface area contributed by atoms with Crippen LogP contribution in [0.3, 0.4) is 0 Å². The van der Waals surface area contributed by atoms with Crippen LogP contribution in [0.25, 0.3) is 0 Å². The van der Waals surface area contributed by atoms with Gasteiger partial charge in [0.1, 0.15) is 6.61 Å². The van der Waals surface area contributed by atoms with E-state index in [1.165, 1.54) is 0 Å². The van der Waals surface area contributed by atoms with Crippen molar-refractivity contribution >= 4 is 30.1 Å². The predicted octanol–water partition coefficient (Wildman–Crippen LogP) is 1.18. The van der Waals surface area contributed by atoms with Gasteiger partial charge in [-0.2, -0.15) is 0 Å². The molecule has 0 unspecified atom stereocenters. The first-order valence-electron chi connectivity index (χ1n) is 6.47. The molecule has 2 aromatic carbocycles. The molecule has 0 radical (unpaired) electrons. The van der Waals surface area contributed by atoms with Gasteiger partial charge in [0.25, 0.3) is 5.90 Å². The van der Waals surface area contributed by atoms with Gasteiger partial charge in [0.2, 0.25) is 0 Å². The Labute approximate surface area is 122 Å². The van der Waals surface area contributed by atoms with Gasteiger partial charge in [0.15, 0.2) is 0 Å². The molecule has 1 aliphatic heterocycles. The molecule has 0 saturated carbocycles. The molecule has 2 aromatic rings. The van der Waals surface area contributed by atoms with E-state index in [0.29, 0.717) is 11.2 Å². The molecule has 5 nitrogen and oxygen atoms in total. The lowest BCUT2D eigenvalue weighted by Crippen LogP contribution is -2.41. The van der Waals surface area contributed by atoms with Crippen molar-refractivity contribution in [1.82, 2.24) is 0 Å². The van der Waals surface area contributed by atoms with Crippen LogP contribution < -0.4 is 5.46 Å². The summed E-state index contributed by atoms with van der Waals surface area (Å²) < 4.78 is 10.2. The van der Waals surface area contributed by atoms with Crippen LogP contribution in [0.2, 0.25) is 0 Å². The molecule has 0 amide bonds. The van der Waals surface area contributed by atoms with Crippen LogP contribution in [-0.2, 0) is 20.8 Å². The Morgan fingerprint density at radius 1 is 1.14 bits per heavy atom. The van der Waals surface area contributed by atoms with E-state index in [4.69, 9.17) is 9.39 Å². The van der Waals surface area contributed by atoms with E-state index >= 15 is 0 Å². The van der Waals surface area contributed by atoms with Crippen molar-refractivity contribution in [2.75, 3.05) is 0 Å². The largest absolute Gasteiger partial charge is 0.563 e. The number of aliphatic imine (C=N–C) groups is 1. The van der Waals surface area contributed by atoms with Gasteiger partial charge in [-0.1, -0.05) is 48.5 Å². The highest BCUT2D eigenvalue weighted by Crippen LogP contribution is 2.15. The van der Waals surface area contributed by atoms with E-state index in [1.54, 1.807) is 24.3 Å². The summed E-state index contributed by atoms with van der Waals surface area (Å²) in [5, 5.41) is 9.86. The highest BCUT2D eigenvalue weighted by atomic mass is 16.6. The number of carbonyl (C=O) groups is 1. The maximum absolute atomic E-state index is 11.9. The van der Waals surface area contributed by atoms with Crippen molar-refractivity contribution in [3.8, 4) is 0 Å². The summed E-state index contributed by atoms with van der Waals surface area (Å²) in [4.78, 5) is 16.0. The normalized spacial score (nSPS) is 13.0. The molecule has 0 fully saturated rings. The van der Waals surface area contributed by atoms with Crippen molar-refractivity contribution in [2.24, 2.45) is 4.99 Å². The number of esters is 1. The number of hydrogen-bond donors (Lipinski definition) is 1. The average Bonchev–Trinajstić information content (AvgIpc) is 2.53. The molecule has 0 atom stereocenters. The summed E-state index contributed by atoms with van der Waals surface area (Å²) in [5.41, 5.74) is 1.89. The Balaban J connectivity index is 1.73. The molecule has 0 aromatic heterocycles. The first-order valence-corrected chi connectivity index (χ1v) is 6.47. The smallest absolute Gasteiger partial charge is 0.513 e. The fourth-order valence-electron chi connectivity index (χ4n) is 1.98. The van der Waals surface area contributed by atoms with Crippen LogP contribution in [0, 0.1) is 0 Å². The summed E-state index contributed by atoms with van der Waals surface area (Å²) in [6.45, 7) is 0.125. The number of rotatable bonds is 3. The first kappa shape index (κ1) is 13.4. The van der Waals surface area contributed by atoms with Crippen LogP contribution in [0.1, 0.15) is 5.56 Å². The highest BCUT2D eigenvalue weighted by Gasteiger charge is 2.32. The van der Waals surface area contributed by atoms with Crippen molar-refractivity contribution in [3.05, 3.63) is 60.2 Å². The van der Waals surface area contributed by atoms with Gasteiger partial charge in [-0.15, -0.1) is 0 Å². The Morgan fingerprint density at radius 3 is 2.67 bits per heavy atom. The number of fused-ring (bicyclic) bond motifs is 1. The molecule has 0 saturated heterocycles. The molecule has 1 N–H and O–H groups in total. The van der Waals surface area contributed by atoms with E-state index in [2.05, 4.69) is 4.99 Å². The molecule has 3 rings (SSSR count). The number of ether oxygens (including phenoxy) is 1. The fraction of sp³-hybridized carbons (Fsp3) is 0.0667. The van der Waals surface area contributed by atoms with Gasteiger partial charge in [-0.05, 0) is 11.6 Å². The van der Waals surface area contributed by atoms with Gasteiger partial charge in [-0.3, -0.25) is 0 Å². The summed E-state index contributed by atoms with van der Waals surface area (Å²) in [7, 11) is -1.21. The SMILES string of the molecule is O=C(OCc1ccccc1)C1=Nc2ccccc2B(O)O1. The minimum absolute atomic E-state index is 0.125. The highest BCUT2D eigenvalue weighted by molar-refractivity contribution is 6.66. The third-order valence-corrected chi connectivity index (χ3v) is 3.04. The van der Waals surface area contributed by atoms with Gasteiger partial charge < -0.3 is 14.4 Å². The Morgan fingerprint density at radius 2 is 1.86 bits per heavy atom. The van der Waals surface area contributed by atoms with Gasteiger partial charge in [-0.25, -0.2) is 9.79 Å². The quantitative estimate of drug-likeness (QED) is 0.677. The lowest BCUT2D eigenvalue weighted by atomic mass is 9.77. The van der Waals surface area contributed by atoms with Crippen molar-refractivity contribution in [1.29, 1.82) is 0 Å². The topological polar surface area (TPSA) is 68.1 Å². The van der Waals surface area contributed by atoms with Crippen molar-refractivity contribution in [2.45, 2.75) is 6.61 Å². The lowest BCUT2D eigenvalue weighted by Gasteiger charge is -2.18. The van der Waals surface area contributed by atoms with Gasteiger partial charge >= 0.3 is 13.1 Å². The van der Waals surface area contributed by atoms with E-state index in [1.807, 2.05) is 30.3 Å². The van der Waals surface area contributed by atoms with E-state index in [9.17, 15) is 9.82 Å². The second kappa shape index (κ2) is 5.81. The fourth-order valence-corrected chi connectivity index (χ4v) is 1.98. The molecule has 6 heteroatoms. The zero-order chi connectivity index (χ0) is 14.7. The van der Waals surface area contributed by atoms with E-state index < -0.39 is 13.1 Å². The molecular weight excluding hydrogens is 269 g/mol. The van der Waals surface area contributed by atoms with E-state index in [-0.39, 0.29) is 12.5 Å². The van der Waals surface area contributed by atoms with Crippen LogP contribution in [-0.4, -0.2) is 24.0 Å². The molecule has 1 aliphatic rings. The summed E-state index contributed by atoms with van der Waals surface area (Å²) in [5.74, 6) is -0.940. The molecule has 0 bridgehead atoms. The van der Waals surface area contributed by atoms with Crippen LogP contribution >= 0.6 is 0 Å². The van der Waals surface area contributed by atoms with Gasteiger partial charge in [0.05, 0.1) is 5.69 Å². The average molecular weight is 281 g/mol. The van der Waals surface area contributed by atoms with Gasteiger partial charge in [0, 0.05) is 5.46 Å². The third kappa shape index (κ3) is 2.95. The first-order chi connectivity index (χ1) is 10.2. The summed E-state index contributed by atoms with van der Waals surface area (Å²) in [6.07, 6.45) is 0. The minimum Gasteiger partial charge on any atom is -0.513 e. The molecule has 1 heterocycles. The summed E-state index contributed by atoms with van der Waals surface area (Å²) >= 11 is 0. The molecular formula is C15H12BNO4. The number of hydrogen-bond acceptors (Lipinski definition) is 5.